The predicted octanol–water partition coefficient (Wildman–Crippen LogP) is 2.16. The van der Waals surface area contributed by atoms with Crippen molar-refractivity contribution in [3.63, 3.8) is 0 Å². The van der Waals surface area contributed by atoms with Crippen LogP contribution in [0.4, 0.5) is 0 Å². The molecule has 0 heterocycles. The monoisotopic (exact) mass is 504 g/mol. The van der Waals surface area contributed by atoms with Crippen LogP contribution in [0.25, 0.3) is 0 Å². The van der Waals surface area contributed by atoms with E-state index >= 15 is 0 Å². The summed E-state index contributed by atoms with van der Waals surface area (Å²) in [6, 6.07) is 0.427. The first-order valence-electron chi connectivity index (χ1n) is 8.99. The first-order valence-corrected chi connectivity index (χ1v) is 11.9. The Balaban J connectivity index is 0.00000312. The van der Waals surface area contributed by atoms with Gasteiger partial charge in [0.2, 0.25) is 10.0 Å². The number of nitrogens with one attached hydrogen (secondary N) is 3. The van der Waals surface area contributed by atoms with Gasteiger partial charge < -0.3 is 10.6 Å². The standard InChI is InChI=1S/C16H32N4O2S2.HI/c1-17-16(20-14-7-4-8-15(11-14)23-2)18-9-10-24(21,22)19-12-13-5-3-6-13;/h13-15,19H,3-12H2,1-2H3,(H2,17,18,20);1H. The molecule has 2 saturated carbocycles. The summed E-state index contributed by atoms with van der Waals surface area (Å²) in [5, 5.41) is 7.28. The number of nitrogens with zero attached hydrogens (tertiary/aromatic N) is 1. The largest absolute Gasteiger partial charge is 0.355 e. The first kappa shape index (κ1) is 23.3. The summed E-state index contributed by atoms with van der Waals surface area (Å²) in [7, 11) is -1.47. The summed E-state index contributed by atoms with van der Waals surface area (Å²) in [5.41, 5.74) is 0. The fourth-order valence-electron chi connectivity index (χ4n) is 3.20. The third kappa shape index (κ3) is 8.66. The first-order chi connectivity index (χ1) is 11.5. The smallest absolute Gasteiger partial charge is 0.213 e. The van der Waals surface area contributed by atoms with E-state index in [0.717, 1.165) is 25.7 Å². The molecule has 9 heteroatoms. The van der Waals surface area contributed by atoms with Crippen LogP contribution in [0.15, 0.2) is 4.99 Å². The Hall–Kier alpha value is 0.260. The van der Waals surface area contributed by atoms with Crippen molar-refractivity contribution in [3.8, 4) is 0 Å². The summed E-state index contributed by atoms with van der Waals surface area (Å²) in [5.74, 6) is 1.33. The van der Waals surface area contributed by atoms with Gasteiger partial charge in [0.1, 0.15) is 0 Å². The molecular weight excluding hydrogens is 471 g/mol. The van der Waals surface area contributed by atoms with E-state index in [1.807, 2.05) is 11.8 Å². The lowest BCUT2D eigenvalue weighted by molar-refractivity contribution is 0.316. The highest BCUT2D eigenvalue weighted by Crippen LogP contribution is 2.27. The van der Waals surface area contributed by atoms with Crippen LogP contribution in [0.5, 0.6) is 0 Å². The molecule has 0 aromatic rings. The van der Waals surface area contributed by atoms with Crippen molar-refractivity contribution in [2.75, 3.05) is 32.1 Å². The molecule has 0 radical (unpaired) electrons. The van der Waals surface area contributed by atoms with Gasteiger partial charge >= 0.3 is 0 Å². The van der Waals surface area contributed by atoms with Gasteiger partial charge in [0.25, 0.3) is 0 Å². The number of rotatable bonds is 8. The van der Waals surface area contributed by atoms with E-state index in [0.29, 0.717) is 36.3 Å². The van der Waals surface area contributed by atoms with Crippen molar-refractivity contribution in [2.24, 2.45) is 10.9 Å². The van der Waals surface area contributed by atoms with Crippen LogP contribution < -0.4 is 15.4 Å². The molecular formula is C16H33IN4O2S2. The average molecular weight is 505 g/mol. The number of guanidine groups is 1. The topological polar surface area (TPSA) is 82.6 Å². The zero-order valence-electron chi connectivity index (χ0n) is 15.3. The van der Waals surface area contributed by atoms with Crippen LogP contribution in [-0.4, -0.2) is 57.8 Å². The van der Waals surface area contributed by atoms with Crippen molar-refractivity contribution in [1.82, 2.24) is 15.4 Å². The van der Waals surface area contributed by atoms with Crippen molar-refractivity contribution >= 4 is 51.7 Å². The lowest BCUT2D eigenvalue weighted by Gasteiger charge is -2.29. The van der Waals surface area contributed by atoms with Crippen LogP contribution in [0.3, 0.4) is 0 Å². The van der Waals surface area contributed by atoms with E-state index in [9.17, 15) is 8.42 Å². The fourth-order valence-corrected chi connectivity index (χ4v) is 5.03. The molecule has 0 aromatic heterocycles. The summed E-state index contributed by atoms with van der Waals surface area (Å²) in [4.78, 5) is 4.22. The van der Waals surface area contributed by atoms with Crippen LogP contribution in [0.1, 0.15) is 44.9 Å². The maximum Gasteiger partial charge on any atom is 0.213 e. The number of hydrogen-bond acceptors (Lipinski definition) is 4. The SMILES string of the molecule is CN=C(NCCS(=O)(=O)NCC1CCC1)NC1CCCC(SC)C1.I. The summed E-state index contributed by atoms with van der Waals surface area (Å²) < 4.78 is 26.7. The fraction of sp³-hybridized carbons (Fsp3) is 0.938. The van der Waals surface area contributed by atoms with Crippen LogP contribution in [0.2, 0.25) is 0 Å². The third-order valence-corrected chi connectivity index (χ3v) is 7.45. The number of sulfonamides is 1. The Bertz CT molecular complexity index is 512. The molecule has 0 spiro atoms. The van der Waals surface area contributed by atoms with Gasteiger partial charge in [-0.2, -0.15) is 11.8 Å². The molecule has 2 unspecified atom stereocenters. The molecule has 0 aliphatic heterocycles. The van der Waals surface area contributed by atoms with E-state index < -0.39 is 10.0 Å². The second-order valence-corrected chi connectivity index (χ2v) is 9.89. The lowest BCUT2D eigenvalue weighted by Crippen LogP contribution is -2.47. The Kier molecular flexibility index (Phi) is 11.1. The lowest BCUT2D eigenvalue weighted by atomic mass is 9.86. The molecule has 3 N–H and O–H groups in total. The van der Waals surface area contributed by atoms with E-state index in [4.69, 9.17) is 0 Å². The minimum atomic E-state index is -3.20. The molecule has 0 aromatic carbocycles. The molecule has 25 heavy (non-hydrogen) atoms. The normalized spacial score (nSPS) is 25.0. The van der Waals surface area contributed by atoms with E-state index in [1.165, 1.54) is 19.3 Å². The van der Waals surface area contributed by atoms with Crippen molar-refractivity contribution in [2.45, 2.75) is 56.2 Å². The summed E-state index contributed by atoms with van der Waals surface area (Å²) in [6.07, 6.45) is 10.5. The molecule has 148 valence electrons. The minimum Gasteiger partial charge on any atom is -0.355 e. The van der Waals surface area contributed by atoms with Gasteiger partial charge in [0.15, 0.2) is 5.96 Å². The maximum absolute atomic E-state index is 12.0. The van der Waals surface area contributed by atoms with Crippen molar-refractivity contribution in [3.05, 3.63) is 0 Å². The molecule has 0 saturated heterocycles. The van der Waals surface area contributed by atoms with Crippen molar-refractivity contribution in [1.29, 1.82) is 0 Å². The zero-order chi connectivity index (χ0) is 17.4. The van der Waals surface area contributed by atoms with E-state index in [-0.39, 0.29) is 29.7 Å². The molecule has 2 fully saturated rings. The van der Waals surface area contributed by atoms with Gasteiger partial charge in [0.05, 0.1) is 5.75 Å². The van der Waals surface area contributed by atoms with Gasteiger partial charge in [0, 0.05) is 31.4 Å². The van der Waals surface area contributed by atoms with Crippen LogP contribution in [0, 0.1) is 5.92 Å². The minimum absolute atomic E-state index is 0. The van der Waals surface area contributed by atoms with Gasteiger partial charge in [-0.25, -0.2) is 13.1 Å². The molecule has 2 rings (SSSR count). The quantitative estimate of drug-likeness (QED) is 0.268. The highest BCUT2D eigenvalue weighted by Gasteiger charge is 2.22. The molecule has 0 amide bonds. The second kappa shape index (κ2) is 11.9. The number of hydrogen-bond donors (Lipinski definition) is 3. The second-order valence-electron chi connectivity index (χ2n) is 6.83. The molecule has 2 atom stereocenters. The van der Waals surface area contributed by atoms with E-state index in [1.54, 1.807) is 7.05 Å². The highest BCUT2D eigenvalue weighted by atomic mass is 127. The molecule has 2 aliphatic rings. The average Bonchev–Trinajstić information content (AvgIpc) is 2.52. The van der Waals surface area contributed by atoms with Gasteiger partial charge in [-0.3, -0.25) is 4.99 Å². The van der Waals surface area contributed by atoms with Gasteiger partial charge in [-0.1, -0.05) is 12.8 Å². The molecule has 0 bridgehead atoms. The van der Waals surface area contributed by atoms with E-state index in [2.05, 4.69) is 26.6 Å². The number of thioether (sulfide) groups is 1. The highest BCUT2D eigenvalue weighted by molar-refractivity contribution is 14.0. The summed E-state index contributed by atoms with van der Waals surface area (Å²) in [6.45, 7) is 0.964. The number of aliphatic imine (C=N–C) groups is 1. The zero-order valence-corrected chi connectivity index (χ0v) is 19.3. The van der Waals surface area contributed by atoms with Crippen molar-refractivity contribution < 1.29 is 8.42 Å². The third-order valence-electron chi connectivity index (χ3n) is 5.00. The van der Waals surface area contributed by atoms with Gasteiger partial charge in [-0.05, 0) is 44.3 Å². The van der Waals surface area contributed by atoms with Crippen LogP contribution in [-0.2, 0) is 10.0 Å². The molecule has 6 nitrogen and oxygen atoms in total. The van der Waals surface area contributed by atoms with Gasteiger partial charge in [-0.15, -0.1) is 24.0 Å². The number of halogens is 1. The Morgan fingerprint density at radius 3 is 2.52 bits per heavy atom. The summed E-state index contributed by atoms with van der Waals surface area (Å²) >= 11 is 1.93. The maximum atomic E-state index is 12.0. The molecule has 2 aliphatic carbocycles. The Morgan fingerprint density at radius 2 is 1.92 bits per heavy atom. The predicted molar refractivity (Wildman–Crippen MR) is 119 cm³/mol. The Labute approximate surface area is 174 Å². The van der Waals surface area contributed by atoms with Crippen LogP contribution >= 0.6 is 35.7 Å². The Morgan fingerprint density at radius 1 is 1.20 bits per heavy atom.